The number of carbonyl (C=O) groups excluding carboxylic acids is 3. The number of rotatable bonds is 9. The molecule has 0 aliphatic rings. The molecule has 1 atom stereocenters. The summed E-state index contributed by atoms with van der Waals surface area (Å²) in [6.07, 6.45) is -0.453. The molecule has 8 heteroatoms. The highest BCUT2D eigenvalue weighted by Crippen LogP contribution is 2.13. The number of ether oxygens (including phenoxy) is 2. The van der Waals surface area contributed by atoms with Crippen molar-refractivity contribution in [1.29, 1.82) is 0 Å². The van der Waals surface area contributed by atoms with Gasteiger partial charge in [-0.15, -0.1) is 0 Å². The zero-order valence-electron chi connectivity index (χ0n) is 15.3. The predicted octanol–water partition coefficient (Wildman–Crippen LogP) is 1.59. The molecule has 28 heavy (non-hydrogen) atoms. The zero-order chi connectivity index (χ0) is 20.5. The molecule has 0 aliphatic heterocycles. The summed E-state index contributed by atoms with van der Waals surface area (Å²) in [6, 6.07) is 11.9. The first kappa shape index (κ1) is 20.9. The molecule has 0 radical (unpaired) electrons. The topological polar surface area (TPSA) is 108 Å². The van der Waals surface area contributed by atoms with Crippen LogP contribution in [-0.2, 0) is 20.7 Å². The van der Waals surface area contributed by atoms with Crippen molar-refractivity contribution in [2.24, 2.45) is 5.73 Å². The lowest BCUT2D eigenvalue weighted by Crippen LogP contribution is -2.36. The first-order chi connectivity index (χ1) is 13.3. The predicted molar refractivity (Wildman–Crippen MR) is 99.1 cm³/mol. The van der Waals surface area contributed by atoms with Gasteiger partial charge in [-0.05, 0) is 55.3 Å². The van der Waals surface area contributed by atoms with Gasteiger partial charge in [-0.2, -0.15) is 0 Å². The Labute approximate surface area is 161 Å². The summed E-state index contributed by atoms with van der Waals surface area (Å²) in [5, 5.41) is 2.67. The van der Waals surface area contributed by atoms with Gasteiger partial charge in [-0.1, -0.05) is 12.1 Å². The van der Waals surface area contributed by atoms with E-state index in [2.05, 4.69) is 5.32 Å². The second kappa shape index (κ2) is 10.1. The van der Waals surface area contributed by atoms with Crippen LogP contribution in [0.1, 0.15) is 22.8 Å². The molecule has 0 fully saturated rings. The van der Waals surface area contributed by atoms with E-state index in [1.54, 1.807) is 12.1 Å². The van der Waals surface area contributed by atoms with E-state index < -0.39 is 23.9 Å². The van der Waals surface area contributed by atoms with Gasteiger partial charge in [0.25, 0.3) is 11.8 Å². The Hall–Kier alpha value is -3.42. The zero-order valence-corrected chi connectivity index (χ0v) is 15.3. The summed E-state index contributed by atoms with van der Waals surface area (Å²) in [6.45, 7) is 1.53. The summed E-state index contributed by atoms with van der Waals surface area (Å²) in [5.41, 5.74) is 6.10. The van der Waals surface area contributed by atoms with Crippen molar-refractivity contribution >= 4 is 17.8 Å². The van der Waals surface area contributed by atoms with Crippen molar-refractivity contribution in [3.63, 3.8) is 0 Å². The van der Waals surface area contributed by atoms with Crippen LogP contribution in [0.3, 0.4) is 0 Å². The highest BCUT2D eigenvalue weighted by Gasteiger charge is 2.18. The Balaban J connectivity index is 1.78. The molecule has 0 bridgehead atoms. The normalized spacial score (nSPS) is 11.4. The molecule has 148 valence electrons. The number of hydrogen-bond donors (Lipinski definition) is 2. The number of esters is 1. The van der Waals surface area contributed by atoms with Crippen molar-refractivity contribution in [3.8, 4) is 5.75 Å². The van der Waals surface area contributed by atoms with E-state index in [9.17, 15) is 18.8 Å². The second-order valence-electron chi connectivity index (χ2n) is 5.99. The van der Waals surface area contributed by atoms with E-state index in [4.69, 9.17) is 15.2 Å². The molecule has 0 unspecified atom stereocenters. The van der Waals surface area contributed by atoms with Gasteiger partial charge < -0.3 is 20.5 Å². The van der Waals surface area contributed by atoms with Crippen molar-refractivity contribution in [3.05, 3.63) is 65.5 Å². The Morgan fingerprint density at radius 1 is 1.07 bits per heavy atom. The average molecular weight is 388 g/mol. The maximum Gasteiger partial charge on any atom is 0.338 e. The Morgan fingerprint density at radius 3 is 2.32 bits per heavy atom. The van der Waals surface area contributed by atoms with Crippen LogP contribution in [0, 0.1) is 5.82 Å². The molecule has 2 rings (SSSR count). The van der Waals surface area contributed by atoms with Crippen LogP contribution in [0.15, 0.2) is 48.5 Å². The van der Waals surface area contributed by atoms with E-state index in [-0.39, 0.29) is 18.0 Å². The second-order valence-corrected chi connectivity index (χ2v) is 5.99. The molecule has 2 amide bonds. The van der Waals surface area contributed by atoms with Crippen molar-refractivity contribution in [2.75, 3.05) is 13.2 Å². The van der Waals surface area contributed by atoms with Gasteiger partial charge >= 0.3 is 5.97 Å². The number of carbonyl (C=O) groups is 3. The summed E-state index contributed by atoms with van der Waals surface area (Å²) in [4.78, 5) is 34.8. The quantitative estimate of drug-likeness (QED) is 0.635. The SMILES string of the molecule is C[C@H](OC(=O)c1ccc(OCC(N)=O)cc1)C(=O)NCCc1ccc(F)cc1. The summed E-state index contributed by atoms with van der Waals surface area (Å²) < 4.78 is 23.1. The van der Waals surface area contributed by atoms with E-state index in [0.717, 1.165) is 5.56 Å². The maximum absolute atomic E-state index is 12.9. The lowest BCUT2D eigenvalue weighted by molar-refractivity contribution is -0.129. The minimum atomic E-state index is -0.980. The Bertz CT molecular complexity index is 821. The fourth-order valence-electron chi connectivity index (χ4n) is 2.25. The number of hydrogen-bond acceptors (Lipinski definition) is 5. The van der Waals surface area contributed by atoms with Crippen LogP contribution in [0.5, 0.6) is 5.75 Å². The lowest BCUT2D eigenvalue weighted by Gasteiger charge is -2.14. The fourth-order valence-corrected chi connectivity index (χ4v) is 2.25. The third kappa shape index (κ3) is 6.71. The fraction of sp³-hybridized carbons (Fsp3) is 0.250. The largest absolute Gasteiger partial charge is 0.484 e. The molecule has 0 heterocycles. The molecule has 0 saturated heterocycles. The number of nitrogens with two attached hydrogens (primary N) is 1. The number of primary amides is 1. The first-order valence-corrected chi connectivity index (χ1v) is 8.59. The minimum Gasteiger partial charge on any atom is -0.484 e. The van der Waals surface area contributed by atoms with Gasteiger partial charge in [0.15, 0.2) is 12.7 Å². The van der Waals surface area contributed by atoms with E-state index in [1.807, 2.05) is 0 Å². The number of amides is 2. The van der Waals surface area contributed by atoms with Crippen molar-refractivity contribution in [1.82, 2.24) is 5.32 Å². The van der Waals surface area contributed by atoms with Crippen molar-refractivity contribution < 1.29 is 28.2 Å². The molecule has 2 aromatic rings. The maximum atomic E-state index is 12.9. The Kier molecular flexibility index (Phi) is 7.50. The average Bonchev–Trinajstić information content (AvgIpc) is 2.68. The summed E-state index contributed by atoms with van der Waals surface area (Å²) in [7, 11) is 0. The van der Waals surface area contributed by atoms with Gasteiger partial charge in [0.1, 0.15) is 11.6 Å². The summed E-state index contributed by atoms with van der Waals surface area (Å²) >= 11 is 0. The van der Waals surface area contributed by atoms with Crippen LogP contribution in [0.4, 0.5) is 4.39 Å². The van der Waals surface area contributed by atoms with Crippen LogP contribution in [-0.4, -0.2) is 37.0 Å². The monoisotopic (exact) mass is 388 g/mol. The van der Waals surface area contributed by atoms with Crippen LogP contribution >= 0.6 is 0 Å². The first-order valence-electron chi connectivity index (χ1n) is 8.59. The Morgan fingerprint density at radius 2 is 1.71 bits per heavy atom. The molecular formula is C20H21FN2O5. The highest BCUT2D eigenvalue weighted by atomic mass is 19.1. The molecule has 7 nitrogen and oxygen atoms in total. The van der Waals surface area contributed by atoms with Crippen molar-refractivity contribution in [2.45, 2.75) is 19.4 Å². The van der Waals surface area contributed by atoms with E-state index in [1.165, 1.54) is 43.3 Å². The summed E-state index contributed by atoms with van der Waals surface area (Å²) in [5.74, 6) is -1.65. The minimum absolute atomic E-state index is 0.234. The smallest absolute Gasteiger partial charge is 0.338 e. The standard InChI is InChI=1S/C20H21FN2O5/c1-13(19(25)23-11-10-14-2-6-16(21)7-3-14)28-20(26)15-4-8-17(9-5-15)27-12-18(22)24/h2-9,13H,10-12H2,1H3,(H2,22,24)(H,23,25)/t13-/m0/s1. The number of nitrogens with one attached hydrogen (secondary N) is 1. The van der Waals surface area contributed by atoms with Gasteiger partial charge in [-0.25, -0.2) is 9.18 Å². The highest BCUT2D eigenvalue weighted by molar-refractivity contribution is 5.92. The molecule has 2 aromatic carbocycles. The third-order valence-electron chi connectivity index (χ3n) is 3.75. The third-order valence-corrected chi connectivity index (χ3v) is 3.75. The molecule has 0 saturated carbocycles. The van der Waals surface area contributed by atoms with Gasteiger partial charge in [0.05, 0.1) is 5.56 Å². The molecule has 3 N–H and O–H groups in total. The number of halogens is 1. The van der Waals surface area contributed by atoms with Gasteiger partial charge in [0, 0.05) is 6.54 Å². The van der Waals surface area contributed by atoms with Crippen LogP contribution in [0.25, 0.3) is 0 Å². The van der Waals surface area contributed by atoms with Gasteiger partial charge in [-0.3, -0.25) is 9.59 Å². The van der Waals surface area contributed by atoms with Crippen LogP contribution in [0.2, 0.25) is 0 Å². The van der Waals surface area contributed by atoms with Crippen LogP contribution < -0.4 is 15.8 Å². The molecular weight excluding hydrogens is 367 g/mol. The number of benzene rings is 2. The van der Waals surface area contributed by atoms with Gasteiger partial charge in [0.2, 0.25) is 0 Å². The molecule has 0 spiro atoms. The van der Waals surface area contributed by atoms with E-state index >= 15 is 0 Å². The molecule has 0 aromatic heterocycles. The lowest BCUT2D eigenvalue weighted by atomic mass is 10.1. The molecule has 0 aliphatic carbocycles. The van der Waals surface area contributed by atoms with E-state index in [0.29, 0.717) is 18.7 Å².